The summed E-state index contributed by atoms with van der Waals surface area (Å²) in [7, 11) is 0. The molecule has 2 heterocycles. The first-order chi connectivity index (χ1) is 9.19. The van der Waals surface area contributed by atoms with Crippen molar-refractivity contribution in [3.05, 3.63) is 35.4 Å². The number of ether oxygens (including phenoxy) is 2. The molecule has 1 aromatic rings. The molecule has 1 unspecified atom stereocenters. The van der Waals surface area contributed by atoms with E-state index < -0.39 is 0 Å². The summed E-state index contributed by atoms with van der Waals surface area (Å²) in [6, 6.07) is 9.29. The van der Waals surface area contributed by atoms with Crippen molar-refractivity contribution in [2.75, 3.05) is 19.8 Å². The molecule has 104 valence electrons. The van der Waals surface area contributed by atoms with E-state index in [1.165, 1.54) is 11.1 Å². The van der Waals surface area contributed by atoms with E-state index in [2.05, 4.69) is 43.4 Å². The second-order valence-corrected chi connectivity index (χ2v) is 5.89. The van der Waals surface area contributed by atoms with Crippen LogP contribution >= 0.6 is 0 Å². The van der Waals surface area contributed by atoms with Gasteiger partial charge in [-0.3, -0.25) is 0 Å². The standard InChI is InChI=1S/C16H23NO2/c1-12(2)13-3-5-14(6-4-13)15-11-16(7-8-17-15)18-9-10-19-16/h3-6,12,15,17H,7-11H2,1-2H3. The van der Waals surface area contributed by atoms with E-state index in [-0.39, 0.29) is 5.79 Å². The average Bonchev–Trinajstić information content (AvgIpc) is 2.87. The van der Waals surface area contributed by atoms with Crippen LogP contribution in [-0.2, 0) is 9.47 Å². The van der Waals surface area contributed by atoms with Gasteiger partial charge in [0.05, 0.1) is 13.2 Å². The minimum Gasteiger partial charge on any atom is -0.347 e. The van der Waals surface area contributed by atoms with E-state index in [0.717, 1.165) is 32.6 Å². The van der Waals surface area contributed by atoms with Crippen LogP contribution in [0.15, 0.2) is 24.3 Å². The van der Waals surface area contributed by atoms with E-state index in [9.17, 15) is 0 Å². The second-order valence-electron chi connectivity index (χ2n) is 5.89. The Morgan fingerprint density at radius 2 is 1.84 bits per heavy atom. The highest BCUT2D eigenvalue weighted by Gasteiger charge is 2.41. The van der Waals surface area contributed by atoms with Gasteiger partial charge in [-0.2, -0.15) is 0 Å². The summed E-state index contributed by atoms with van der Waals surface area (Å²) in [5.41, 5.74) is 2.73. The Bertz CT molecular complexity index is 421. The van der Waals surface area contributed by atoms with Gasteiger partial charge in [-0.05, 0) is 17.0 Å². The topological polar surface area (TPSA) is 30.5 Å². The minimum absolute atomic E-state index is 0.327. The molecule has 0 bridgehead atoms. The highest BCUT2D eigenvalue weighted by molar-refractivity contribution is 5.27. The molecule has 2 fully saturated rings. The Labute approximate surface area is 115 Å². The first kappa shape index (κ1) is 13.1. The fourth-order valence-electron chi connectivity index (χ4n) is 3.03. The van der Waals surface area contributed by atoms with Gasteiger partial charge in [0.2, 0.25) is 0 Å². The van der Waals surface area contributed by atoms with E-state index in [1.807, 2.05) is 0 Å². The molecule has 1 aromatic carbocycles. The van der Waals surface area contributed by atoms with Gasteiger partial charge in [0.25, 0.3) is 0 Å². The SMILES string of the molecule is CC(C)c1ccc(C2CC3(CCN2)OCCO3)cc1. The van der Waals surface area contributed by atoms with Gasteiger partial charge in [0, 0.05) is 25.4 Å². The van der Waals surface area contributed by atoms with Gasteiger partial charge in [-0.15, -0.1) is 0 Å². The lowest BCUT2D eigenvalue weighted by Crippen LogP contribution is -2.44. The number of hydrogen-bond donors (Lipinski definition) is 1. The first-order valence-corrected chi connectivity index (χ1v) is 7.30. The fraction of sp³-hybridized carbons (Fsp3) is 0.625. The van der Waals surface area contributed by atoms with Crippen molar-refractivity contribution in [2.24, 2.45) is 0 Å². The van der Waals surface area contributed by atoms with E-state index >= 15 is 0 Å². The maximum absolute atomic E-state index is 5.83. The fourth-order valence-corrected chi connectivity index (χ4v) is 3.03. The Kier molecular flexibility index (Phi) is 3.61. The summed E-state index contributed by atoms with van der Waals surface area (Å²) in [5, 5.41) is 3.58. The Morgan fingerprint density at radius 1 is 1.16 bits per heavy atom. The summed E-state index contributed by atoms with van der Waals surface area (Å²) in [6.45, 7) is 6.88. The summed E-state index contributed by atoms with van der Waals surface area (Å²) in [4.78, 5) is 0. The van der Waals surface area contributed by atoms with Crippen LogP contribution in [-0.4, -0.2) is 25.5 Å². The normalized spacial score (nSPS) is 26.2. The van der Waals surface area contributed by atoms with Crippen LogP contribution in [0.2, 0.25) is 0 Å². The zero-order valence-electron chi connectivity index (χ0n) is 11.8. The number of nitrogens with one attached hydrogen (secondary N) is 1. The lowest BCUT2D eigenvalue weighted by Gasteiger charge is -2.37. The Balaban J connectivity index is 1.74. The van der Waals surface area contributed by atoms with Gasteiger partial charge in [-0.25, -0.2) is 0 Å². The molecule has 3 nitrogen and oxygen atoms in total. The molecule has 1 spiro atoms. The minimum atomic E-state index is -0.327. The predicted octanol–water partition coefficient (Wildman–Crippen LogP) is 2.98. The van der Waals surface area contributed by atoms with Crippen LogP contribution in [0.1, 0.15) is 49.8 Å². The largest absolute Gasteiger partial charge is 0.347 e. The molecule has 19 heavy (non-hydrogen) atoms. The van der Waals surface area contributed by atoms with Crippen molar-refractivity contribution in [3.63, 3.8) is 0 Å². The van der Waals surface area contributed by atoms with Crippen LogP contribution in [0.25, 0.3) is 0 Å². The molecule has 0 amide bonds. The molecule has 0 radical (unpaired) electrons. The molecule has 2 aliphatic heterocycles. The second kappa shape index (κ2) is 5.23. The van der Waals surface area contributed by atoms with Gasteiger partial charge in [-0.1, -0.05) is 38.1 Å². The maximum Gasteiger partial charge on any atom is 0.171 e. The molecule has 2 saturated heterocycles. The highest BCUT2D eigenvalue weighted by atomic mass is 16.7. The first-order valence-electron chi connectivity index (χ1n) is 7.30. The zero-order valence-corrected chi connectivity index (χ0v) is 11.8. The van der Waals surface area contributed by atoms with Gasteiger partial charge < -0.3 is 14.8 Å². The van der Waals surface area contributed by atoms with Crippen molar-refractivity contribution in [1.82, 2.24) is 5.32 Å². The van der Waals surface area contributed by atoms with E-state index in [0.29, 0.717) is 12.0 Å². The average molecular weight is 261 g/mol. The van der Waals surface area contributed by atoms with Gasteiger partial charge in [0.15, 0.2) is 5.79 Å². The number of benzene rings is 1. The number of piperidine rings is 1. The molecule has 0 aliphatic carbocycles. The lowest BCUT2D eigenvalue weighted by molar-refractivity contribution is -0.180. The third-order valence-corrected chi connectivity index (χ3v) is 4.23. The molecular formula is C16H23NO2. The molecule has 1 atom stereocenters. The smallest absolute Gasteiger partial charge is 0.171 e. The lowest BCUT2D eigenvalue weighted by atomic mass is 9.91. The molecular weight excluding hydrogens is 238 g/mol. The van der Waals surface area contributed by atoms with Crippen LogP contribution < -0.4 is 5.32 Å². The van der Waals surface area contributed by atoms with Crippen molar-refractivity contribution in [2.45, 2.75) is 44.4 Å². The van der Waals surface area contributed by atoms with Crippen molar-refractivity contribution in [1.29, 1.82) is 0 Å². The van der Waals surface area contributed by atoms with Crippen LogP contribution in [0.3, 0.4) is 0 Å². The zero-order chi connectivity index (χ0) is 13.3. The van der Waals surface area contributed by atoms with Crippen molar-refractivity contribution < 1.29 is 9.47 Å². The molecule has 0 saturated carbocycles. The molecule has 3 heteroatoms. The monoisotopic (exact) mass is 261 g/mol. The Hall–Kier alpha value is -0.900. The summed E-state index contributed by atoms with van der Waals surface area (Å²) in [6.07, 6.45) is 1.86. The molecule has 2 aliphatic rings. The molecule has 3 rings (SSSR count). The third-order valence-electron chi connectivity index (χ3n) is 4.23. The van der Waals surface area contributed by atoms with Crippen molar-refractivity contribution >= 4 is 0 Å². The van der Waals surface area contributed by atoms with Crippen LogP contribution in [0.5, 0.6) is 0 Å². The summed E-state index contributed by atoms with van der Waals surface area (Å²) >= 11 is 0. The summed E-state index contributed by atoms with van der Waals surface area (Å²) in [5.74, 6) is 0.258. The number of rotatable bonds is 2. The third kappa shape index (κ3) is 2.69. The van der Waals surface area contributed by atoms with Crippen LogP contribution in [0.4, 0.5) is 0 Å². The van der Waals surface area contributed by atoms with E-state index in [1.54, 1.807) is 0 Å². The molecule has 1 N–H and O–H groups in total. The van der Waals surface area contributed by atoms with Gasteiger partial charge >= 0.3 is 0 Å². The van der Waals surface area contributed by atoms with E-state index in [4.69, 9.17) is 9.47 Å². The Morgan fingerprint density at radius 3 is 2.47 bits per heavy atom. The predicted molar refractivity (Wildman–Crippen MR) is 75.1 cm³/mol. The van der Waals surface area contributed by atoms with Crippen molar-refractivity contribution in [3.8, 4) is 0 Å². The maximum atomic E-state index is 5.83. The number of hydrogen-bond acceptors (Lipinski definition) is 3. The summed E-state index contributed by atoms with van der Waals surface area (Å²) < 4.78 is 11.7. The highest BCUT2D eigenvalue weighted by Crippen LogP contribution is 2.36. The quantitative estimate of drug-likeness (QED) is 0.888. The molecule has 0 aromatic heterocycles. The van der Waals surface area contributed by atoms with Crippen LogP contribution in [0, 0.1) is 0 Å². The van der Waals surface area contributed by atoms with Gasteiger partial charge in [0.1, 0.15) is 0 Å².